The van der Waals surface area contributed by atoms with E-state index in [0.29, 0.717) is 10.8 Å². The molecule has 152 valence electrons. The summed E-state index contributed by atoms with van der Waals surface area (Å²) in [6.45, 7) is 3.98. The fourth-order valence-electron chi connectivity index (χ4n) is 3.72. The summed E-state index contributed by atoms with van der Waals surface area (Å²) in [6, 6.07) is 15.8. The lowest BCUT2D eigenvalue weighted by molar-refractivity contribution is 0.841. The molecule has 0 saturated carbocycles. The first-order valence-electron chi connectivity index (χ1n) is 10.0. The van der Waals surface area contributed by atoms with E-state index in [2.05, 4.69) is 19.7 Å². The molecule has 2 aromatic heterocycles. The Hall–Kier alpha value is -2.64. The SMILES string of the molecule is Cc1nc2ccccc2nc1CSc1nnc(N2CCCC2)n1-c1ccccc1Cl. The molecule has 0 radical (unpaired) electrons. The van der Waals surface area contributed by atoms with Crippen LogP contribution in [0.15, 0.2) is 53.7 Å². The van der Waals surface area contributed by atoms with Crippen molar-refractivity contribution in [1.29, 1.82) is 0 Å². The third-order valence-corrected chi connectivity index (χ3v) is 6.54. The molecule has 30 heavy (non-hydrogen) atoms. The van der Waals surface area contributed by atoms with Gasteiger partial charge >= 0.3 is 0 Å². The van der Waals surface area contributed by atoms with Crippen molar-refractivity contribution in [1.82, 2.24) is 24.7 Å². The van der Waals surface area contributed by atoms with Crippen LogP contribution >= 0.6 is 23.4 Å². The van der Waals surface area contributed by atoms with Gasteiger partial charge in [0.1, 0.15) is 0 Å². The van der Waals surface area contributed by atoms with Gasteiger partial charge in [-0.1, -0.05) is 47.6 Å². The van der Waals surface area contributed by atoms with Crippen molar-refractivity contribution in [2.24, 2.45) is 0 Å². The van der Waals surface area contributed by atoms with Gasteiger partial charge in [0.2, 0.25) is 5.95 Å². The maximum Gasteiger partial charge on any atom is 0.232 e. The summed E-state index contributed by atoms with van der Waals surface area (Å²) in [5.74, 6) is 1.51. The molecule has 0 amide bonds. The van der Waals surface area contributed by atoms with E-state index in [1.165, 1.54) is 12.8 Å². The predicted octanol–water partition coefficient (Wildman–Crippen LogP) is 5.06. The van der Waals surface area contributed by atoms with Crippen LogP contribution < -0.4 is 4.90 Å². The first kappa shape index (κ1) is 19.3. The molecule has 0 aliphatic carbocycles. The average molecular weight is 437 g/mol. The molecule has 6 nitrogen and oxygen atoms in total. The van der Waals surface area contributed by atoms with Crippen LogP contribution in [-0.4, -0.2) is 37.8 Å². The van der Waals surface area contributed by atoms with E-state index in [0.717, 1.165) is 52.3 Å². The summed E-state index contributed by atoms with van der Waals surface area (Å²) >= 11 is 8.16. The van der Waals surface area contributed by atoms with E-state index in [1.54, 1.807) is 11.8 Å². The Balaban J connectivity index is 1.50. The summed E-state index contributed by atoms with van der Waals surface area (Å²) in [6.07, 6.45) is 2.34. The summed E-state index contributed by atoms with van der Waals surface area (Å²) in [5, 5.41) is 10.5. The van der Waals surface area contributed by atoms with E-state index < -0.39 is 0 Å². The minimum atomic E-state index is 0.659. The first-order valence-corrected chi connectivity index (χ1v) is 11.4. The Bertz CT molecular complexity index is 1200. The molecule has 3 heterocycles. The molecule has 1 aliphatic rings. The van der Waals surface area contributed by atoms with Crippen LogP contribution in [0.1, 0.15) is 24.2 Å². The van der Waals surface area contributed by atoms with E-state index in [9.17, 15) is 0 Å². The standard InChI is InChI=1S/C22H21ClN6S/c1-15-19(25-18-10-4-3-9-17(18)24-15)14-30-22-27-26-21(28-12-6-7-13-28)29(22)20-11-5-2-8-16(20)23/h2-5,8-11H,6-7,12-14H2,1H3. The number of aryl methyl sites for hydroxylation is 1. The quantitative estimate of drug-likeness (QED) is 0.407. The zero-order valence-corrected chi connectivity index (χ0v) is 18.2. The van der Waals surface area contributed by atoms with Crippen LogP contribution in [0, 0.1) is 6.92 Å². The third kappa shape index (κ3) is 3.63. The second kappa shape index (κ2) is 8.24. The predicted molar refractivity (Wildman–Crippen MR) is 122 cm³/mol. The van der Waals surface area contributed by atoms with Crippen LogP contribution in [-0.2, 0) is 5.75 Å². The number of anilines is 1. The van der Waals surface area contributed by atoms with Gasteiger partial charge in [0.15, 0.2) is 5.16 Å². The van der Waals surface area contributed by atoms with Crippen molar-refractivity contribution >= 4 is 40.3 Å². The van der Waals surface area contributed by atoms with E-state index in [1.807, 2.05) is 55.5 Å². The van der Waals surface area contributed by atoms with Gasteiger partial charge in [0.25, 0.3) is 0 Å². The normalized spacial score (nSPS) is 14.0. The molecule has 0 bridgehead atoms. The molecule has 0 spiro atoms. The molecule has 1 fully saturated rings. The average Bonchev–Trinajstić information content (AvgIpc) is 3.42. The van der Waals surface area contributed by atoms with Gasteiger partial charge < -0.3 is 4.90 Å². The summed E-state index contributed by atoms with van der Waals surface area (Å²) < 4.78 is 2.07. The summed E-state index contributed by atoms with van der Waals surface area (Å²) in [5.41, 5.74) is 4.61. The van der Waals surface area contributed by atoms with Crippen molar-refractivity contribution in [3.05, 3.63) is 64.9 Å². The summed E-state index contributed by atoms with van der Waals surface area (Å²) in [4.78, 5) is 11.8. The van der Waals surface area contributed by atoms with Gasteiger partial charge in [-0.05, 0) is 44.0 Å². The van der Waals surface area contributed by atoms with Gasteiger partial charge in [-0.3, -0.25) is 4.57 Å². The Labute approximate surface area is 184 Å². The fraction of sp³-hybridized carbons (Fsp3) is 0.273. The lowest BCUT2D eigenvalue weighted by atomic mass is 10.2. The highest BCUT2D eigenvalue weighted by Gasteiger charge is 2.23. The second-order valence-electron chi connectivity index (χ2n) is 7.30. The molecule has 1 saturated heterocycles. The molecule has 0 unspecified atom stereocenters. The zero-order chi connectivity index (χ0) is 20.5. The molecule has 4 aromatic rings. The van der Waals surface area contributed by atoms with Crippen molar-refractivity contribution < 1.29 is 0 Å². The topological polar surface area (TPSA) is 59.7 Å². The van der Waals surface area contributed by atoms with Crippen molar-refractivity contribution in [2.45, 2.75) is 30.7 Å². The van der Waals surface area contributed by atoms with Crippen LogP contribution in [0.4, 0.5) is 5.95 Å². The highest BCUT2D eigenvalue weighted by molar-refractivity contribution is 7.98. The number of benzene rings is 2. The molecule has 0 N–H and O–H groups in total. The Morgan fingerprint density at radius 1 is 0.933 bits per heavy atom. The molecular formula is C22H21ClN6S. The second-order valence-corrected chi connectivity index (χ2v) is 8.65. The number of halogens is 1. The van der Waals surface area contributed by atoms with E-state index in [4.69, 9.17) is 21.6 Å². The van der Waals surface area contributed by atoms with E-state index in [-0.39, 0.29) is 0 Å². The number of fused-ring (bicyclic) bond motifs is 1. The molecule has 0 atom stereocenters. The minimum absolute atomic E-state index is 0.659. The molecular weight excluding hydrogens is 416 g/mol. The van der Waals surface area contributed by atoms with Gasteiger partial charge in [0, 0.05) is 18.8 Å². The highest BCUT2D eigenvalue weighted by Crippen LogP contribution is 2.33. The van der Waals surface area contributed by atoms with Gasteiger partial charge in [0.05, 0.1) is 33.1 Å². The van der Waals surface area contributed by atoms with Gasteiger partial charge in [-0.2, -0.15) is 0 Å². The monoisotopic (exact) mass is 436 g/mol. The first-order chi connectivity index (χ1) is 14.7. The molecule has 8 heteroatoms. The smallest absolute Gasteiger partial charge is 0.232 e. The molecule has 2 aromatic carbocycles. The Kier molecular flexibility index (Phi) is 5.31. The Morgan fingerprint density at radius 2 is 1.63 bits per heavy atom. The number of hydrogen-bond acceptors (Lipinski definition) is 6. The third-order valence-electron chi connectivity index (χ3n) is 5.28. The maximum absolute atomic E-state index is 6.55. The van der Waals surface area contributed by atoms with E-state index >= 15 is 0 Å². The maximum atomic E-state index is 6.55. The number of nitrogens with zero attached hydrogens (tertiary/aromatic N) is 6. The lowest BCUT2D eigenvalue weighted by Gasteiger charge is -2.19. The van der Waals surface area contributed by atoms with Gasteiger partial charge in [-0.15, -0.1) is 10.2 Å². The molecule has 1 aliphatic heterocycles. The lowest BCUT2D eigenvalue weighted by Crippen LogP contribution is -2.22. The van der Waals surface area contributed by atoms with Crippen molar-refractivity contribution in [2.75, 3.05) is 18.0 Å². The largest absolute Gasteiger partial charge is 0.341 e. The van der Waals surface area contributed by atoms with Crippen molar-refractivity contribution in [3.63, 3.8) is 0 Å². The van der Waals surface area contributed by atoms with Gasteiger partial charge in [-0.25, -0.2) is 9.97 Å². The van der Waals surface area contributed by atoms with Crippen LogP contribution in [0.25, 0.3) is 16.7 Å². The fourth-order valence-corrected chi connectivity index (χ4v) is 4.88. The molecule has 5 rings (SSSR count). The van der Waals surface area contributed by atoms with Crippen LogP contribution in [0.2, 0.25) is 5.02 Å². The van der Waals surface area contributed by atoms with Crippen LogP contribution in [0.5, 0.6) is 0 Å². The summed E-state index contributed by atoms with van der Waals surface area (Å²) in [7, 11) is 0. The number of para-hydroxylation sites is 3. The minimum Gasteiger partial charge on any atom is -0.341 e. The number of aromatic nitrogens is 5. The number of rotatable bonds is 5. The van der Waals surface area contributed by atoms with Crippen LogP contribution in [0.3, 0.4) is 0 Å². The number of hydrogen-bond donors (Lipinski definition) is 0. The highest BCUT2D eigenvalue weighted by atomic mass is 35.5. The van der Waals surface area contributed by atoms with Crippen molar-refractivity contribution in [3.8, 4) is 5.69 Å². The number of thioether (sulfide) groups is 1. The Morgan fingerprint density at radius 3 is 2.40 bits per heavy atom. The zero-order valence-electron chi connectivity index (χ0n) is 16.6.